The molecule has 2 N–H and O–H groups in total. The topological polar surface area (TPSA) is 60.8 Å². The lowest BCUT2D eigenvalue weighted by molar-refractivity contribution is 0.286. The second-order valence-electron chi connectivity index (χ2n) is 3.03. The van der Waals surface area contributed by atoms with Gasteiger partial charge in [0, 0.05) is 12.2 Å². The fraction of sp³-hybridized carbons (Fsp3) is 0.400. The molecule has 0 aliphatic rings. The van der Waals surface area contributed by atoms with Gasteiger partial charge >= 0.3 is 0 Å². The van der Waals surface area contributed by atoms with Crippen LogP contribution in [0.25, 0.3) is 0 Å². The van der Waals surface area contributed by atoms with E-state index in [4.69, 9.17) is 9.66 Å². The van der Waals surface area contributed by atoms with Gasteiger partial charge in [-0.3, -0.25) is 0 Å². The number of hydrogen-bond acceptors (Lipinski definition) is 3. The Hall–Kier alpha value is -0.910. The first-order valence-electron chi connectivity index (χ1n) is 4.73. The van der Waals surface area contributed by atoms with Crippen molar-refractivity contribution in [3.8, 4) is 0 Å². The van der Waals surface area contributed by atoms with Crippen LogP contribution in [-0.2, 0) is 11.1 Å². The lowest BCUT2D eigenvalue weighted by Crippen LogP contribution is -2.41. The highest BCUT2D eigenvalue weighted by molar-refractivity contribution is 7.80. The molecule has 15 heavy (non-hydrogen) atoms. The lowest BCUT2D eigenvalue weighted by Gasteiger charge is -2.28. The van der Waals surface area contributed by atoms with E-state index in [9.17, 15) is 4.21 Å². The first-order chi connectivity index (χ1) is 7.20. The van der Waals surface area contributed by atoms with Gasteiger partial charge in [-0.1, -0.05) is 18.2 Å². The van der Waals surface area contributed by atoms with Crippen LogP contribution in [0.5, 0.6) is 0 Å². The third-order valence-corrected chi connectivity index (χ3v) is 3.03. The summed E-state index contributed by atoms with van der Waals surface area (Å²) in [5.74, 6) is 0. The highest BCUT2D eigenvalue weighted by Gasteiger charge is 2.21. The molecule has 1 aromatic carbocycles. The van der Waals surface area contributed by atoms with Crippen molar-refractivity contribution in [1.82, 2.24) is 0 Å². The van der Waals surface area contributed by atoms with E-state index in [1.807, 2.05) is 37.3 Å². The summed E-state index contributed by atoms with van der Waals surface area (Å²) in [6.07, 6.45) is 0. The van der Waals surface area contributed by atoms with Crippen molar-refractivity contribution in [2.75, 3.05) is 18.1 Å². The summed E-state index contributed by atoms with van der Waals surface area (Å²) in [7, 11) is 0. The van der Waals surface area contributed by atoms with Gasteiger partial charge in [-0.15, -0.1) is 0 Å². The molecule has 0 radical (unpaired) electrons. The van der Waals surface area contributed by atoms with Crippen molar-refractivity contribution in [2.24, 2.45) is 0 Å². The van der Waals surface area contributed by atoms with Crippen LogP contribution in [0.15, 0.2) is 30.3 Å². The molecule has 5 heteroatoms. The summed E-state index contributed by atoms with van der Waals surface area (Å²) in [4.78, 5) is 1.70. The first-order valence-corrected chi connectivity index (χ1v) is 5.90. The van der Waals surface area contributed by atoms with Crippen molar-refractivity contribution in [2.45, 2.75) is 12.3 Å². The Morgan fingerprint density at radius 2 is 2.00 bits per heavy atom. The Balaban J connectivity index is 2.92. The zero-order valence-corrected chi connectivity index (χ0v) is 9.35. The van der Waals surface area contributed by atoms with E-state index in [2.05, 4.69) is 0 Å². The van der Waals surface area contributed by atoms with Crippen molar-refractivity contribution < 1.29 is 13.9 Å². The van der Waals surface area contributed by atoms with Crippen LogP contribution in [0.1, 0.15) is 6.92 Å². The van der Waals surface area contributed by atoms with E-state index in [0.717, 1.165) is 5.69 Å². The van der Waals surface area contributed by atoms with Gasteiger partial charge in [0.1, 0.15) is 0 Å². The fourth-order valence-corrected chi connectivity index (χ4v) is 2.06. The minimum atomic E-state index is -2.06. The third kappa shape index (κ3) is 3.02. The summed E-state index contributed by atoms with van der Waals surface area (Å²) in [6.45, 7) is 2.11. The predicted octanol–water partition coefficient (Wildman–Crippen LogP) is 1.05. The Morgan fingerprint density at radius 1 is 1.40 bits per heavy atom. The molecule has 0 saturated carbocycles. The molecule has 84 valence electrons. The van der Waals surface area contributed by atoms with E-state index in [1.54, 1.807) is 4.90 Å². The van der Waals surface area contributed by atoms with Crippen LogP contribution >= 0.6 is 0 Å². The monoisotopic (exact) mass is 229 g/mol. The summed E-state index contributed by atoms with van der Waals surface area (Å²) in [5.41, 5.74) is 0.835. The average Bonchev–Trinajstić information content (AvgIpc) is 2.26. The number of nitrogens with zero attached hydrogens (tertiary/aromatic N) is 1. The van der Waals surface area contributed by atoms with E-state index >= 15 is 0 Å². The van der Waals surface area contributed by atoms with Crippen LogP contribution in [0.4, 0.5) is 5.69 Å². The molecular weight excluding hydrogens is 214 g/mol. The van der Waals surface area contributed by atoms with E-state index in [0.29, 0.717) is 6.54 Å². The van der Waals surface area contributed by atoms with E-state index < -0.39 is 16.5 Å². The summed E-state index contributed by atoms with van der Waals surface area (Å²) >= 11 is -2.06. The van der Waals surface area contributed by atoms with Gasteiger partial charge in [-0.05, 0) is 19.1 Å². The number of benzene rings is 1. The number of likely N-dealkylation sites (N-methyl/N-ethyl adjacent to an activating group) is 1. The smallest absolute Gasteiger partial charge is 0.178 e. The molecule has 0 aliphatic carbocycles. The van der Waals surface area contributed by atoms with Gasteiger partial charge < -0.3 is 14.6 Å². The molecular formula is C10H15NO3S. The maximum atomic E-state index is 11.0. The molecule has 0 spiro atoms. The summed E-state index contributed by atoms with van der Waals surface area (Å²) in [6, 6.07) is 9.28. The number of hydrogen-bond donors (Lipinski definition) is 2. The molecule has 0 fully saturated rings. The minimum Gasteiger partial charge on any atom is -0.393 e. The Labute approximate surface area is 91.8 Å². The van der Waals surface area contributed by atoms with Gasteiger partial charge in [-0.2, -0.15) is 0 Å². The van der Waals surface area contributed by atoms with Crippen LogP contribution in [0.2, 0.25) is 0 Å². The SMILES string of the molecule is CCN(c1ccccc1)C(CO)S(=O)O. The highest BCUT2D eigenvalue weighted by Crippen LogP contribution is 2.17. The van der Waals surface area contributed by atoms with Crippen LogP contribution in [0, 0.1) is 0 Å². The molecule has 0 aliphatic heterocycles. The second-order valence-corrected chi connectivity index (χ2v) is 4.13. The van der Waals surface area contributed by atoms with Crippen molar-refractivity contribution in [3.05, 3.63) is 30.3 Å². The van der Waals surface area contributed by atoms with Crippen molar-refractivity contribution >= 4 is 16.8 Å². The molecule has 4 nitrogen and oxygen atoms in total. The predicted molar refractivity (Wildman–Crippen MR) is 61.1 cm³/mol. The van der Waals surface area contributed by atoms with Crippen LogP contribution in [-0.4, -0.2) is 32.4 Å². The fourth-order valence-electron chi connectivity index (χ4n) is 1.44. The maximum Gasteiger partial charge on any atom is 0.178 e. The average molecular weight is 229 g/mol. The van der Waals surface area contributed by atoms with Crippen LogP contribution < -0.4 is 4.90 Å². The molecule has 0 aromatic heterocycles. The molecule has 2 unspecified atom stereocenters. The van der Waals surface area contributed by atoms with Gasteiger partial charge in [-0.25, -0.2) is 4.21 Å². The lowest BCUT2D eigenvalue weighted by atomic mass is 10.3. The van der Waals surface area contributed by atoms with E-state index in [1.165, 1.54) is 0 Å². The number of anilines is 1. The Kier molecular flexibility index (Phi) is 4.74. The zero-order valence-electron chi connectivity index (χ0n) is 8.54. The zero-order chi connectivity index (χ0) is 11.3. The standard InChI is InChI=1S/C10H15NO3S/c1-2-11(10(8-12)15(13)14)9-6-4-3-5-7-9/h3-7,10,12H,2,8H2,1H3,(H,13,14). The number of rotatable bonds is 5. The number of aliphatic hydroxyl groups is 1. The third-order valence-electron chi connectivity index (χ3n) is 2.17. The molecule has 2 atom stereocenters. The molecule has 0 amide bonds. The number of aliphatic hydroxyl groups excluding tert-OH is 1. The Morgan fingerprint density at radius 3 is 2.40 bits per heavy atom. The van der Waals surface area contributed by atoms with Gasteiger partial charge in [0.05, 0.1) is 6.61 Å². The molecule has 1 rings (SSSR count). The summed E-state index contributed by atoms with van der Waals surface area (Å²) < 4.78 is 20.1. The largest absolute Gasteiger partial charge is 0.393 e. The van der Waals surface area contributed by atoms with Crippen LogP contribution in [0.3, 0.4) is 0 Å². The summed E-state index contributed by atoms with van der Waals surface area (Å²) in [5, 5.41) is 8.30. The quantitative estimate of drug-likeness (QED) is 0.741. The van der Waals surface area contributed by atoms with Gasteiger partial charge in [0.25, 0.3) is 0 Å². The second kappa shape index (κ2) is 5.85. The van der Waals surface area contributed by atoms with Crippen molar-refractivity contribution in [1.29, 1.82) is 0 Å². The Bertz CT molecular complexity index is 318. The minimum absolute atomic E-state index is 0.341. The first kappa shape index (κ1) is 12.2. The maximum absolute atomic E-state index is 11.0. The highest BCUT2D eigenvalue weighted by atomic mass is 32.2. The molecule has 0 heterocycles. The molecule has 0 bridgehead atoms. The normalized spacial score (nSPS) is 14.6. The van der Waals surface area contributed by atoms with Crippen molar-refractivity contribution in [3.63, 3.8) is 0 Å². The van der Waals surface area contributed by atoms with Gasteiger partial charge in [0.15, 0.2) is 16.5 Å². The molecule has 0 saturated heterocycles. The van der Waals surface area contributed by atoms with Gasteiger partial charge in [0.2, 0.25) is 0 Å². The van der Waals surface area contributed by atoms with E-state index in [-0.39, 0.29) is 6.61 Å². The molecule has 1 aromatic rings. The number of para-hydroxylation sites is 1.